The van der Waals surface area contributed by atoms with Crippen molar-refractivity contribution in [2.24, 2.45) is 0 Å². The van der Waals surface area contributed by atoms with Crippen molar-refractivity contribution < 1.29 is 28.6 Å². The Kier molecular flexibility index (Phi) is 4.24. The first kappa shape index (κ1) is 15.4. The van der Waals surface area contributed by atoms with E-state index in [0.717, 1.165) is 16.7 Å². The van der Waals surface area contributed by atoms with Crippen molar-refractivity contribution in [1.29, 1.82) is 0 Å². The molecular formula is C15H13NO6S. The van der Waals surface area contributed by atoms with Crippen LogP contribution >= 0.6 is 11.8 Å². The van der Waals surface area contributed by atoms with Gasteiger partial charge in [0.2, 0.25) is 6.79 Å². The summed E-state index contributed by atoms with van der Waals surface area (Å²) in [5.41, 5.74) is 0.705. The summed E-state index contributed by atoms with van der Waals surface area (Å²) in [6.45, 7) is 1.64. The molecule has 0 N–H and O–H groups in total. The molecule has 2 aliphatic heterocycles. The largest absolute Gasteiger partial charge is 0.465 e. The van der Waals surface area contributed by atoms with Crippen LogP contribution in [-0.4, -0.2) is 42.0 Å². The summed E-state index contributed by atoms with van der Waals surface area (Å²) < 4.78 is 15.2. The van der Waals surface area contributed by atoms with Gasteiger partial charge in [-0.15, -0.1) is 0 Å². The van der Waals surface area contributed by atoms with E-state index in [1.54, 1.807) is 31.2 Å². The molecule has 120 valence electrons. The average Bonchev–Trinajstić information content (AvgIpc) is 3.07. The number of fused-ring (bicyclic) bond motifs is 1. The van der Waals surface area contributed by atoms with E-state index >= 15 is 0 Å². The number of esters is 1. The number of amides is 2. The van der Waals surface area contributed by atoms with Crippen LogP contribution in [0.3, 0.4) is 0 Å². The highest BCUT2D eigenvalue weighted by atomic mass is 32.2. The van der Waals surface area contributed by atoms with Gasteiger partial charge < -0.3 is 14.2 Å². The molecule has 0 spiro atoms. The highest BCUT2D eigenvalue weighted by Gasteiger charge is 2.36. The number of nitrogens with zero attached hydrogens (tertiary/aromatic N) is 1. The highest BCUT2D eigenvalue weighted by Crippen LogP contribution is 2.36. The van der Waals surface area contributed by atoms with E-state index < -0.39 is 17.1 Å². The van der Waals surface area contributed by atoms with Crippen LogP contribution in [0.4, 0.5) is 4.79 Å². The standard InChI is InChI=1S/C15H13NO6S/c1-2-20-13(17)7-16-14(18)12(23-15(16)19)6-9-3-4-10-11(5-9)22-8-21-10/h3-6H,2,7-8H2,1H3/b12-6+. The van der Waals surface area contributed by atoms with Crippen molar-refractivity contribution in [3.8, 4) is 11.5 Å². The van der Waals surface area contributed by atoms with Crippen LogP contribution in [0.25, 0.3) is 6.08 Å². The summed E-state index contributed by atoms with van der Waals surface area (Å²) in [7, 11) is 0. The zero-order chi connectivity index (χ0) is 16.4. The van der Waals surface area contributed by atoms with Gasteiger partial charge >= 0.3 is 5.97 Å². The molecule has 3 rings (SSSR count). The number of carbonyl (C=O) groups excluding carboxylic acids is 3. The van der Waals surface area contributed by atoms with Gasteiger partial charge in [-0.05, 0) is 42.5 Å². The molecule has 8 heteroatoms. The molecule has 0 unspecified atom stereocenters. The Bertz CT molecular complexity index is 714. The van der Waals surface area contributed by atoms with Crippen molar-refractivity contribution in [2.75, 3.05) is 19.9 Å². The number of rotatable bonds is 4. The molecule has 0 aliphatic carbocycles. The summed E-state index contributed by atoms with van der Waals surface area (Å²) in [4.78, 5) is 36.7. The van der Waals surface area contributed by atoms with Gasteiger partial charge in [-0.1, -0.05) is 6.07 Å². The molecule has 0 atom stereocenters. The predicted octanol–water partition coefficient (Wildman–Crippen LogP) is 2.01. The third-order valence-corrected chi connectivity index (χ3v) is 4.07. The van der Waals surface area contributed by atoms with Crippen molar-refractivity contribution in [2.45, 2.75) is 6.92 Å². The van der Waals surface area contributed by atoms with Gasteiger partial charge in [0.1, 0.15) is 6.54 Å². The number of hydrogen-bond donors (Lipinski definition) is 0. The summed E-state index contributed by atoms with van der Waals surface area (Å²) in [5, 5.41) is -0.491. The molecule has 1 aromatic carbocycles. The monoisotopic (exact) mass is 335 g/mol. The van der Waals surface area contributed by atoms with Crippen LogP contribution in [0, 0.1) is 0 Å². The molecule has 23 heavy (non-hydrogen) atoms. The third-order valence-electron chi connectivity index (χ3n) is 3.16. The normalized spacial score (nSPS) is 18.0. The van der Waals surface area contributed by atoms with Crippen LogP contribution in [-0.2, 0) is 14.3 Å². The number of benzene rings is 1. The van der Waals surface area contributed by atoms with Gasteiger partial charge in [0.05, 0.1) is 11.5 Å². The second kappa shape index (κ2) is 6.33. The van der Waals surface area contributed by atoms with E-state index in [0.29, 0.717) is 17.1 Å². The van der Waals surface area contributed by atoms with E-state index in [2.05, 4.69) is 0 Å². The molecule has 1 aromatic rings. The summed E-state index contributed by atoms with van der Waals surface area (Å²) in [6.07, 6.45) is 1.58. The minimum atomic E-state index is -0.612. The Balaban J connectivity index is 1.77. The Morgan fingerprint density at radius 1 is 1.35 bits per heavy atom. The maximum atomic E-state index is 12.2. The van der Waals surface area contributed by atoms with Gasteiger partial charge in [0.15, 0.2) is 11.5 Å². The minimum Gasteiger partial charge on any atom is -0.465 e. The SMILES string of the molecule is CCOC(=O)CN1C(=O)S/C(=C/c2ccc3c(c2)OCO3)C1=O. The fraction of sp³-hybridized carbons (Fsp3) is 0.267. The van der Waals surface area contributed by atoms with Crippen molar-refractivity contribution >= 4 is 35.0 Å². The summed E-state index contributed by atoms with van der Waals surface area (Å²) >= 11 is 0.789. The van der Waals surface area contributed by atoms with E-state index in [1.807, 2.05) is 0 Å². The first-order valence-corrected chi connectivity index (χ1v) is 7.71. The van der Waals surface area contributed by atoms with E-state index in [1.165, 1.54) is 0 Å². The van der Waals surface area contributed by atoms with Gasteiger partial charge in [-0.2, -0.15) is 0 Å². The molecule has 7 nitrogen and oxygen atoms in total. The number of imide groups is 1. The number of thioether (sulfide) groups is 1. The molecule has 0 saturated carbocycles. The first-order chi connectivity index (χ1) is 11.1. The number of ether oxygens (including phenoxy) is 3. The fourth-order valence-electron chi connectivity index (χ4n) is 2.13. The first-order valence-electron chi connectivity index (χ1n) is 6.89. The highest BCUT2D eigenvalue weighted by molar-refractivity contribution is 8.18. The third kappa shape index (κ3) is 3.16. The Labute approximate surface area is 136 Å². The Hall–Kier alpha value is -2.48. The fourth-order valence-corrected chi connectivity index (χ4v) is 2.96. The molecule has 0 radical (unpaired) electrons. The summed E-state index contributed by atoms with van der Waals surface area (Å²) in [5.74, 6) is 0.104. The van der Waals surface area contributed by atoms with Crippen molar-refractivity contribution in [3.63, 3.8) is 0 Å². The van der Waals surface area contributed by atoms with Gasteiger partial charge in [0.25, 0.3) is 11.1 Å². The quantitative estimate of drug-likeness (QED) is 0.615. The van der Waals surface area contributed by atoms with Gasteiger partial charge in [-0.3, -0.25) is 19.3 Å². The van der Waals surface area contributed by atoms with Crippen molar-refractivity contribution in [3.05, 3.63) is 28.7 Å². The number of hydrogen-bond acceptors (Lipinski definition) is 7. The van der Waals surface area contributed by atoms with Gasteiger partial charge in [-0.25, -0.2) is 0 Å². The lowest BCUT2D eigenvalue weighted by Crippen LogP contribution is -2.34. The maximum Gasteiger partial charge on any atom is 0.326 e. The molecule has 2 heterocycles. The number of carbonyl (C=O) groups is 3. The Morgan fingerprint density at radius 2 is 2.13 bits per heavy atom. The lowest BCUT2D eigenvalue weighted by Gasteiger charge is -2.10. The smallest absolute Gasteiger partial charge is 0.326 e. The van der Waals surface area contributed by atoms with Crippen molar-refractivity contribution in [1.82, 2.24) is 4.90 Å². The molecule has 2 aliphatic rings. The minimum absolute atomic E-state index is 0.162. The maximum absolute atomic E-state index is 12.2. The van der Waals surface area contributed by atoms with Crippen LogP contribution in [0.15, 0.2) is 23.1 Å². The lowest BCUT2D eigenvalue weighted by molar-refractivity contribution is -0.145. The molecule has 0 aromatic heterocycles. The topological polar surface area (TPSA) is 82.1 Å². The van der Waals surface area contributed by atoms with Crippen LogP contribution in [0.5, 0.6) is 11.5 Å². The second-order valence-electron chi connectivity index (χ2n) is 4.69. The average molecular weight is 335 g/mol. The van der Waals surface area contributed by atoms with Crippen LogP contribution < -0.4 is 9.47 Å². The zero-order valence-corrected chi connectivity index (χ0v) is 13.1. The molecule has 1 fully saturated rings. The Morgan fingerprint density at radius 3 is 2.91 bits per heavy atom. The predicted molar refractivity (Wildman–Crippen MR) is 81.9 cm³/mol. The zero-order valence-electron chi connectivity index (χ0n) is 12.2. The molecule has 0 bridgehead atoms. The van der Waals surface area contributed by atoms with Gasteiger partial charge in [0, 0.05) is 0 Å². The molecule has 1 saturated heterocycles. The summed E-state index contributed by atoms with van der Waals surface area (Å²) in [6, 6.07) is 5.21. The van der Waals surface area contributed by atoms with E-state index in [-0.39, 0.29) is 24.8 Å². The van der Waals surface area contributed by atoms with Crippen LogP contribution in [0.1, 0.15) is 12.5 Å². The molecule has 2 amide bonds. The van der Waals surface area contributed by atoms with E-state index in [9.17, 15) is 14.4 Å². The van der Waals surface area contributed by atoms with Crippen LogP contribution in [0.2, 0.25) is 0 Å². The second-order valence-corrected chi connectivity index (χ2v) is 5.68. The lowest BCUT2D eigenvalue weighted by atomic mass is 10.2. The van der Waals surface area contributed by atoms with E-state index in [4.69, 9.17) is 14.2 Å². The molecular weight excluding hydrogens is 322 g/mol.